The van der Waals surface area contributed by atoms with Crippen LogP contribution in [0, 0.1) is 0 Å². The number of amides is 1. The first-order valence-electron chi connectivity index (χ1n) is 5.70. The minimum atomic E-state index is -0.928. The Kier molecular flexibility index (Phi) is 3.47. The summed E-state index contributed by atoms with van der Waals surface area (Å²) in [5.74, 6) is -0.947. The molecular weight excluding hydrogens is 234 g/mol. The van der Waals surface area contributed by atoms with Gasteiger partial charge in [-0.3, -0.25) is 20.0 Å². The van der Waals surface area contributed by atoms with E-state index in [1.165, 1.54) is 0 Å². The first-order chi connectivity index (χ1) is 8.56. The predicted octanol–water partition coefficient (Wildman–Crippen LogP) is 0.402. The van der Waals surface area contributed by atoms with E-state index in [0.29, 0.717) is 13.0 Å². The average Bonchev–Trinajstić information content (AvgIpc) is 2.75. The largest absolute Gasteiger partial charge is 0.481 e. The summed E-state index contributed by atoms with van der Waals surface area (Å²) in [4.78, 5) is 21.8. The van der Waals surface area contributed by atoms with Gasteiger partial charge in [-0.15, -0.1) is 0 Å². The van der Waals surface area contributed by atoms with Gasteiger partial charge >= 0.3 is 5.97 Å². The van der Waals surface area contributed by atoms with Gasteiger partial charge in [0.1, 0.15) is 0 Å². The molecule has 4 N–H and O–H groups in total. The molecule has 0 radical (unpaired) electrons. The van der Waals surface area contributed by atoms with Crippen molar-refractivity contribution in [2.24, 2.45) is 5.73 Å². The smallest absolute Gasteiger partial charge is 0.305 e. The predicted molar refractivity (Wildman–Crippen MR) is 65.7 cm³/mol. The molecule has 1 aliphatic rings. The number of carbonyl (C=O) groups excluding carboxylic acids is 1. The van der Waals surface area contributed by atoms with E-state index >= 15 is 0 Å². The van der Waals surface area contributed by atoms with Crippen LogP contribution in [0.15, 0.2) is 24.3 Å². The zero-order chi connectivity index (χ0) is 13.1. The molecule has 0 saturated carbocycles. The van der Waals surface area contributed by atoms with E-state index in [1.54, 1.807) is 23.2 Å². The number of rotatable bonds is 4. The van der Waals surface area contributed by atoms with Crippen LogP contribution in [-0.2, 0) is 9.59 Å². The molecule has 1 saturated heterocycles. The topological polar surface area (TPSA) is 95.7 Å². The Morgan fingerprint density at radius 2 is 2.33 bits per heavy atom. The van der Waals surface area contributed by atoms with Crippen LogP contribution in [-0.4, -0.2) is 23.5 Å². The van der Waals surface area contributed by atoms with Crippen molar-refractivity contribution in [2.45, 2.75) is 18.9 Å². The third kappa shape index (κ3) is 2.78. The SMILES string of the molecule is NC(CC(=O)O)c1cccc(N2CCC(=O)N2)c1. The zero-order valence-electron chi connectivity index (χ0n) is 9.80. The van der Waals surface area contributed by atoms with E-state index in [2.05, 4.69) is 5.43 Å². The maximum Gasteiger partial charge on any atom is 0.305 e. The zero-order valence-corrected chi connectivity index (χ0v) is 9.80. The fourth-order valence-corrected chi connectivity index (χ4v) is 1.90. The number of nitrogens with zero attached hydrogens (tertiary/aromatic N) is 1. The van der Waals surface area contributed by atoms with Crippen LogP contribution in [0.3, 0.4) is 0 Å². The van der Waals surface area contributed by atoms with Gasteiger partial charge in [0.05, 0.1) is 12.1 Å². The monoisotopic (exact) mass is 249 g/mol. The highest BCUT2D eigenvalue weighted by molar-refractivity contribution is 5.81. The van der Waals surface area contributed by atoms with Crippen LogP contribution >= 0.6 is 0 Å². The quantitative estimate of drug-likeness (QED) is 0.718. The number of anilines is 1. The highest BCUT2D eigenvalue weighted by atomic mass is 16.4. The Labute approximate surface area is 104 Å². The normalized spacial score (nSPS) is 16.5. The van der Waals surface area contributed by atoms with Gasteiger partial charge in [-0.1, -0.05) is 12.1 Å². The number of nitrogens with one attached hydrogen (secondary N) is 1. The highest BCUT2D eigenvalue weighted by Crippen LogP contribution is 2.22. The fourth-order valence-electron chi connectivity index (χ4n) is 1.90. The van der Waals surface area contributed by atoms with Crippen molar-refractivity contribution in [3.05, 3.63) is 29.8 Å². The van der Waals surface area contributed by atoms with Crippen molar-refractivity contribution in [2.75, 3.05) is 11.6 Å². The lowest BCUT2D eigenvalue weighted by Gasteiger charge is -2.19. The number of aliphatic carboxylic acids is 1. The molecule has 0 aromatic heterocycles. The molecule has 96 valence electrons. The van der Waals surface area contributed by atoms with Crippen molar-refractivity contribution in [3.63, 3.8) is 0 Å². The van der Waals surface area contributed by atoms with Crippen LogP contribution in [0.4, 0.5) is 5.69 Å². The molecule has 18 heavy (non-hydrogen) atoms. The number of carboxylic acids is 1. The van der Waals surface area contributed by atoms with Gasteiger partial charge in [0, 0.05) is 19.0 Å². The summed E-state index contributed by atoms with van der Waals surface area (Å²) in [5, 5.41) is 10.4. The van der Waals surface area contributed by atoms with Crippen molar-refractivity contribution in [3.8, 4) is 0 Å². The van der Waals surface area contributed by atoms with Crippen molar-refractivity contribution < 1.29 is 14.7 Å². The Bertz CT molecular complexity index is 475. The lowest BCUT2D eigenvalue weighted by Crippen LogP contribution is -2.33. The second-order valence-corrected chi connectivity index (χ2v) is 4.24. The third-order valence-corrected chi connectivity index (χ3v) is 2.83. The molecule has 0 aliphatic carbocycles. The Hall–Kier alpha value is -2.08. The first-order valence-corrected chi connectivity index (χ1v) is 5.70. The highest BCUT2D eigenvalue weighted by Gasteiger charge is 2.19. The van der Waals surface area contributed by atoms with Crippen LogP contribution < -0.4 is 16.2 Å². The summed E-state index contributed by atoms with van der Waals surface area (Å²) in [7, 11) is 0. The third-order valence-electron chi connectivity index (χ3n) is 2.83. The summed E-state index contributed by atoms with van der Waals surface area (Å²) < 4.78 is 0. The number of hydrogen-bond acceptors (Lipinski definition) is 4. The van der Waals surface area contributed by atoms with Crippen molar-refractivity contribution >= 4 is 17.6 Å². The lowest BCUT2D eigenvalue weighted by atomic mass is 10.0. The van der Waals surface area contributed by atoms with Gasteiger partial charge in [-0.05, 0) is 17.7 Å². The van der Waals surface area contributed by atoms with Crippen LogP contribution in [0.25, 0.3) is 0 Å². The summed E-state index contributed by atoms with van der Waals surface area (Å²) in [5.41, 5.74) is 10.1. The summed E-state index contributed by atoms with van der Waals surface area (Å²) >= 11 is 0. The van der Waals surface area contributed by atoms with E-state index in [0.717, 1.165) is 11.3 Å². The molecule has 2 rings (SSSR count). The van der Waals surface area contributed by atoms with E-state index < -0.39 is 12.0 Å². The molecule has 1 aromatic rings. The van der Waals surface area contributed by atoms with Crippen molar-refractivity contribution in [1.29, 1.82) is 0 Å². The molecule has 1 fully saturated rings. The van der Waals surface area contributed by atoms with E-state index in [1.807, 2.05) is 6.07 Å². The standard InChI is InChI=1S/C12H15N3O3/c13-10(7-12(17)18)8-2-1-3-9(6-8)15-5-4-11(16)14-15/h1-3,6,10H,4-5,7,13H2,(H,14,16)(H,17,18). The van der Waals surface area contributed by atoms with E-state index in [-0.39, 0.29) is 12.3 Å². The molecule has 0 bridgehead atoms. The Balaban J connectivity index is 2.14. The summed E-state index contributed by atoms with van der Waals surface area (Å²) in [6.07, 6.45) is 0.348. The van der Waals surface area contributed by atoms with Gasteiger partial charge in [0.2, 0.25) is 5.91 Å². The molecular formula is C12H15N3O3. The molecule has 6 nitrogen and oxygen atoms in total. The maximum absolute atomic E-state index is 11.1. The van der Waals surface area contributed by atoms with Crippen LogP contribution in [0.2, 0.25) is 0 Å². The molecule has 1 aromatic carbocycles. The number of carbonyl (C=O) groups is 2. The lowest BCUT2D eigenvalue weighted by molar-refractivity contribution is -0.137. The van der Waals surface area contributed by atoms with E-state index in [9.17, 15) is 9.59 Å². The Morgan fingerprint density at radius 1 is 1.56 bits per heavy atom. The Morgan fingerprint density at radius 3 is 2.94 bits per heavy atom. The first kappa shape index (κ1) is 12.4. The molecule has 1 amide bonds. The van der Waals surface area contributed by atoms with Gasteiger partial charge < -0.3 is 10.8 Å². The van der Waals surface area contributed by atoms with Gasteiger partial charge in [0.25, 0.3) is 0 Å². The molecule has 1 unspecified atom stereocenters. The van der Waals surface area contributed by atoms with Crippen LogP contribution in [0.5, 0.6) is 0 Å². The number of hydrogen-bond donors (Lipinski definition) is 3. The number of hydrazine groups is 1. The van der Waals surface area contributed by atoms with Crippen molar-refractivity contribution in [1.82, 2.24) is 5.43 Å². The minimum Gasteiger partial charge on any atom is -0.481 e. The molecule has 6 heteroatoms. The molecule has 1 aliphatic heterocycles. The number of carboxylic acid groups (broad SMARTS) is 1. The fraction of sp³-hybridized carbons (Fsp3) is 0.333. The van der Waals surface area contributed by atoms with Gasteiger partial charge in [-0.2, -0.15) is 0 Å². The van der Waals surface area contributed by atoms with Crippen LogP contribution in [0.1, 0.15) is 24.4 Å². The van der Waals surface area contributed by atoms with Gasteiger partial charge in [-0.25, -0.2) is 0 Å². The molecule has 1 atom stereocenters. The molecule has 1 heterocycles. The van der Waals surface area contributed by atoms with Gasteiger partial charge in [0.15, 0.2) is 0 Å². The molecule has 0 spiro atoms. The minimum absolute atomic E-state index is 0.0183. The number of benzene rings is 1. The van der Waals surface area contributed by atoms with E-state index in [4.69, 9.17) is 10.8 Å². The second-order valence-electron chi connectivity index (χ2n) is 4.24. The average molecular weight is 249 g/mol. The second kappa shape index (κ2) is 5.05. The number of nitrogens with two attached hydrogens (primary N) is 1. The summed E-state index contributed by atoms with van der Waals surface area (Å²) in [6, 6.07) is 6.70. The summed E-state index contributed by atoms with van der Waals surface area (Å²) in [6.45, 7) is 0.608. The maximum atomic E-state index is 11.1.